The molecule has 2 aromatic rings. The molecule has 1 amide bonds. The van der Waals surface area contributed by atoms with Gasteiger partial charge in [-0.3, -0.25) is 9.59 Å². The van der Waals surface area contributed by atoms with Crippen LogP contribution in [0, 0.1) is 0 Å². The van der Waals surface area contributed by atoms with Gasteiger partial charge in [0.1, 0.15) is 11.6 Å². The maximum absolute atomic E-state index is 14.1. The minimum Gasteiger partial charge on any atom is -0.428 e. The lowest BCUT2D eigenvalue weighted by molar-refractivity contribution is -0.187. The number of likely N-dealkylation sites (N-methyl/N-ethyl adjacent to an activating group) is 1. The molecule has 2 aliphatic heterocycles. The van der Waals surface area contributed by atoms with E-state index in [1.807, 2.05) is 0 Å². The minimum atomic E-state index is -4.71. The van der Waals surface area contributed by atoms with Gasteiger partial charge in [0.25, 0.3) is 12.4 Å². The van der Waals surface area contributed by atoms with Crippen molar-refractivity contribution in [3.63, 3.8) is 0 Å². The molecule has 2 aliphatic rings. The van der Waals surface area contributed by atoms with Gasteiger partial charge in [0.05, 0.1) is 15.6 Å². The van der Waals surface area contributed by atoms with E-state index in [1.54, 1.807) is 12.1 Å². The number of nitrogens with zero attached hydrogens (tertiary/aromatic N) is 2. The number of hydrogen-bond donors (Lipinski definition) is 1. The summed E-state index contributed by atoms with van der Waals surface area (Å²) in [6, 6.07) is 8.19. The summed E-state index contributed by atoms with van der Waals surface area (Å²) in [5, 5.41) is 4.79. The normalized spacial score (nSPS) is 18.9. The number of nitrogens with one attached hydrogen (secondary N) is 1. The molecule has 0 radical (unpaired) electrons. The number of alkyl halides is 3. The van der Waals surface area contributed by atoms with Crippen molar-refractivity contribution < 1.29 is 27.5 Å². The first-order chi connectivity index (χ1) is 15.1. The second kappa shape index (κ2) is 8.16. The first kappa shape index (κ1) is 22.2. The number of ether oxygens (including phenoxy) is 1. The quantitative estimate of drug-likeness (QED) is 0.650. The molecule has 6 nitrogen and oxygen atoms in total. The third-order valence-electron chi connectivity index (χ3n) is 5.10. The fraction of sp³-hybridized carbons (Fsp3) is 0.143. The Hall–Kier alpha value is -3.01. The van der Waals surface area contributed by atoms with Gasteiger partial charge in [0.2, 0.25) is 0 Å². The lowest BCUT2D eigenvalue weighted by Gasteiger charge is -2.34. The topological polar surface area (TPSA) is 61.9 Å². The summed E-state index contributed by atoms with van der Waals surface area (Å²) in [5.41, 5.74) is 0.248. The molecule has 166 valence electrons. The predicted molar refractivity (Wildman–Crippen MR) is 112 cm³/mol. The number of benzene rings is 2. The summed E-state index contributed by atoms with van der Waals surface area (Å²) in [5.74, 6) is -0.696. The van der Waals surface area contributed by atoms with Gasteiger partial charge in [-0.25, -0.2) is 5.01 Å². The van der Waals surface area contributed by atoms with Gasteiger partial charge in [0, 0.05) is 24.4 Å². The van der Waals surface area contributed by atoms with Crippen LogP contribution in [-0.2, 0) is 9.59 Å². The van der Waals surface area contributed by atoms with Crippen molar-refractivity contribution in [3.05, 3.63) is 75.7 Å². The third kappa shape index (κ3) is 3.62. The van der Waals surface area contributed by atoms with Crippen molar-refractivity contribution in [2.75, 3.05) is 7.05 Å². The largest absolute Gasteiger partial charge is 0.428 e. The SMILES string of the molecule is CN1C(C(F)(F)F)C(c2ccc(Cl)c(Cl)c2)=C2NC=C(c3ccccc3OC=O)C(=O)N21. The molecule has 0 aliphatic carbocycles. The van der Waals surface area contributed by atoms with E-state index in [-0.39, 0.29) is 50.4 Å². The van der Waals surface area contributed by atoms with Crippen molar-refractivity contribution in [3.8, 4) is 5.75 Å². The fourth-order valence-corrected chi connectivity index (χ4v) is 4.07. The Morgan fingerprint density at radius 2 is 1.84 bits per heavy atom. The Morgan fingerprint density at radius 3 is 2.50 bits per heavy atom. The second-order valence-corrected chi connectivity index (χ2v) is 7.75. The smallest absolute Gasteiger partial charge is 0.410 e. The zero-order chi connectivity index (χ0) is 23.2. The number of fused-ring (bicyclic) bond motifs is 1. The van der Waals surface area contributed by atoms with Gasteiger partial charge in [-0.2, -0.15) is 18.2 Å². The van der Waals surface area contributed by atoms with Crippen LogP contribution in [0.2, 0.25) is 10.0 Å². The van der Waals surface area contributed by atoms with Crippen LogP contribution in [0.5, 0.6) is 5.75 Å². The average molecular weight is 484 g/mol. The molecular formula is C21H14Cl2F3N3O3. The van der Waals surface area contributed by atoms with E-state index >= 15 is 0 Å². The first-order valence-corrected chi connectivity index (χ1v) is 9.90. The third-order valence-corrected chi connectivity index (χ3v) is 5.84. The van der Waals surface area contributed by atoms with Crippen LogP contribution in [0.25, 0.3) is 11.1 Å². The summed E-state index contributed by atoms with van der Waals surface area (Å²) in [7, 11) is 1.17. The van der Waals surface area contributed by atoms with Gasteiger partial charge < -0.3 is 10.1 Å². The van der Waals surface area contributed by atoms with Gasteiger partial charge >= 0.3 is 6.18 Å². The number of amides is 1. The molecule has 0 spiro atoms. The van der Waals surface area contributed by atoms with Crippen LogP contribution in [0.4, 0.5) is 13.2 Å². The van der Waals surface area contributed by atoms with E-state index in [0.29, 0.717) is 0 Å². The summed E-state index contributed by atoms with van der Waals surface area (Å²) >= 11 is 12.0. The van der Waals surface area contributed by atoms with Crippen molar-refractivity contribution >= 4 is 46.7 Å². The predicted octanol–water partition coefficient (Wildman–Crippen LogP) is 4.46. The zero-order valence-corrected chi connectivity index (χ0v) is 17.8. The highest BCUT2D eigenvalue weighted by Crippen LogP contribution is 2.45. The molecule has 1 atom stereocenters. The Labute approximate surface area is 190 Å². The number of carbonyl (C=O) groups excluding carboxylic acids is 2. The van der Waals surface area contributed by atoms with E-state index in [2.05, 4.69) is 5.32 Å². The summed E-state index contributed by atoms with van der Waals surface area (Å²) in [6.45, 7) is 0.204. The Bertz CT molecular complexity index is 1180. The molecule has 0 fully saturated rings. The number of para-hydroxylation sites is 1. The van der Waals surface area contributed by atoms with Gasteiger partial charge in [-0.15, -0.1) is 0 Å². The Morgan fingerprint density at radius 1 is 1.12 bits per heavy atom. The van der Waals surface area contributed by atoms with Crippen LogP contribution >= 0.6 is 23.2 Å². The molecular weight excluding hydrogens is 470 g/mol. The highest BCUT2D eigenvalue weighted by molar-refractivity contribution is 6.42. The monoisotopic (exact) mass is 483 g/mol. The van der Waals surface area contributed by atoms with Crippen LogP contribution in [0.15, 0.2) is 54.5 Å². The Kier molecular flexibility index (Phi) is 5.66. The number of rotatable bonds is 4. The fourth-order valence-electron chi connectivity index (χ4n) is 3.77. The molecule has 4 rings (SSSR count). The van der Waals surface area contributed by atoms with Crippen LogP contribution < -0.4 is 10.1 Å². The van der Waals surface area contributed by atoms with Crippen LogP contribution in [0.1, 0.15) is 11.1 Å². The molecule has 1 N–H and O–H groups in total. The van der Waals surface area contributed by atoms with Crippen molar-refractivity contribution in [1.82, 2.24) is 15.3 Å². The summed E-state index contributed by atoms with van der Waals surface area (Å²) in [6.07, 6.45) is -3.42. The van der Waals surface area contributed by atoms with Gasteiger partial charge in [-0.05, 0) is 23.8 Å². The molecule has 2 heterocycles. The van der Waals surface area contributed by atoms with Crippen LogP contribution in [-0.4, -0.2) is 41.7 Å². The number of hydrogen-bond acceptors (Lipinski definition) is 5. The highest BCUT2D eigenvalue weighted by atomic mass is 35.5. The van der Waals surface area contributed by atoms with Crippen molar-refractivity contribution in [1.29, 1.82) is 0 Å². The maximum atomic E-state index is 14.1. The van der Waals surface area contributed by atoms with E-state index < -0.39 is 18.1 Å². The molecule has 11 heteroatoms. The molecule has 0 saturated heterocycles. The molecule has 1 unspecified atom stereocenters. The number of hydrazine groups is 1. The van der Waals surface area contributed by atoms with E-state index in [0.717, 1.165) is 10.0 Å². The second-order valence-electron chi connectivity index (χ2n) is 6.94. The van der Waals surface area contributed by atoms with Crippen LogP contribution in [0.3, 0.4) is 0 Å². The lowest BCUT2D eigenvalue weighted by Crippen LogP contribution is -2.51. The molecule has 0 aromatic heterocycles. The molecule has 0 saturated carbocycles. The van der Waals surface area contributed by atoms with Gasteiger partial charge in [-0.1, -0.05) is 47.5 Å². The standard InChI is InChI=1S/C21H14Cl2F3N3O3/c1-28-18(21(24,25)26)17(11-6-7-14(22)15(23)8-11)19-27-9-13(20(31)29(19)28)12-4-2-3-5-16(12)32-10-30/h2-10,18,27H,1H3. The first-order valence-electron chi connectivity index (χ1n) is 9.15. The van der Waals surface area contributed by atoms with E-state index in [1.165, 1.54) is 43.6 Å². The zero-order valence-electron chi connectivity index (χ0n) is 16.3. The molecule has 2 aromatic carbocycles. The van der Waals surface area contributed by atoms with E-state index in [4.69, 9.17) is 27.9 Å². The lowest BCUT2D eigenvalue weighted by atomic mass is 9.98. The number of carbonyl (C=O) groups is 2. The van der Waals surface area contributed by atoms with Crippen molar-refractivity contribution in [2.24, 2.45) is 0 Å². The van der Waals surface area contributed by atoms with Gasteiger partial charge in [0.15, 0.2) is 6.04 Å². The van der Waals surface area contributed by atoms with E-state index in [9.17, 15) is 22.8 Å². The van der Waals surface area contributed by atoms with Crippen molar-refractivity contribution in [2.45, 2.75) is 12.2 Å². The highest BCUT2D eigenvalue weighted by Gasteiger charge is 2.55. The summed E-state index contributed by atoms with van der Waals surface area (Å²) < 4.78 is 47.2. The molecule has 0 bridgehead atoms. The Balaban J connectivity index is 1.87. The number of halogens is 5. The maximum Gasteiger partial charge on any atom is 0.410 e. The summed E-state index contributed by atoms with van der Waals surface area (Å²) in [4.78, 5) is 24.1. The molecule has 32 heavy (non-hydrogen) atoms. The average Bonchev–Trinajstić information content (AvgIpc) is 3.05. The minimum absolute atomic E-state index is 0.0226.